The molecule has 5 rings (SSSR count). The van der Waals surface area contributed by atoms with E-state index in [2.05, 4.69) is 25.2 Å². The van der Waals surface area contributed by atoms with E-state index in [1.807, 2.05) is 6.08 Å². The van der Waals surface area contributed by atoms with Crippen molar-refractivity contribution in [3.05, 3.63) is 12.2 Å². The molecular weight excluding hydrogens is 300 g/mol. The number of hydrogen-bond donors (Lipinski definition) is 2. The first-order valence-electron chi connectivity index (χ1n) is 9.48. The quantitative estimate of drug-likeness (QED) is 0.781. The highest BCUT2D eigenvalue weighted by molar-refractivity contribution is 5.85. The minimum absolute atomic E-state index is 0.131. The number of hydrogen-bond acceptors (Lipinski definition) is 2. The lowest BCUT2D eigenvalue weighted by molar-refractivity contribution is -0.171. The molecular formula is C20H30N2O2. The number of rotatable bonds is 3. The van der Waals surface area contributed by atoms with Gasteiger partial charge in [0.05, 0.1) is 11.3 Å². The lowest BCUT2D eigenvalue weighted by Gasteiger charge is -2.64. The fourth-order valence-electron chi connectivity index (χ4n) is 7.31. The molecule has 5 aliphatic carbocycles. The van der Waals surface area contributed by atoms with Crippen LogP contribution in [0, 0.1) is 28.1 Å². The first-order valence-corrected chi connectivity index (χ1v) is 9.48. The van der Waals surface area contributed by atoms with Crippen molar-refractivity contribution in [3.8, 4) is 0 Å². The number of nitrogens with one attached hydrogen (secondary N) is 1. The Bertz CT molecular complexity index is 593. The van der Waals surface area contributed by atoms with Gasteiger partial charge in [-0.25, -0.2) is 0 Å². The van der Waals surface area contributed by atoms with Gasteiger partial charge >= 0.3 is 0 Å². The van der Waals surface area contributed by atoms with E-state index >= 15 is 0 Å². The van der Waals surface area contributed by atoms with Gasteiger partial charge < -0.3 is 11.1 Å². The summed E-state index contributed by atoms with van der Waals surface area (Å²) in [6.07, 6.45) is 12.3. The van der Waals surface area contributed by atoms with E-state index in [1.54, 1.807) is 0 Å². The van der Waals surface area contributed by atoms with Crippen LogP contribution in [0.15, 0.2) is 12.2 Å². The average molecular weight is 330 g/mol. The molecule has 4 atom stereocenters. The van der Waals surface area contributed by atoms with Crippen molar-refractivity contribution in [1.29, 1.82) is 0 Å². The summed E-state index contributed by atoms with van der Waals surface area (Å²) in [6.45, 7) is 4.76. The second-order valence-corrected chi connectivity index (χ2v) is 9.94. The van der Waals surface area contributed by atoms with Crippen molar-refractivity contribution >= 4 is 11.8 Å². The summed E-state index contributed by atoms with van der Waals surface area (Å²) < 4.78 is 0. The Hall–Kier alpha value is -1.32. The molecule has 4 nitrogen and oxygen atoms in total. The topological polar surface area (TPSA) is 72.2 Å². The highest BCUT2D eigenvalue weighted by Crippen LogP contribution is 2.69. The number of carbonyl (C=O) groups excluding carboxylic acids is 2. The Morgan fingerprint density at radius 2 is 1.62 bits per heavy atom. The molecule has 0 aromatic rings. The van der Waals surface area contributed by atoms with Gasteiger partial charge in [-0.2, -0.15) is 0 Å². The molecule has 0 aliphatic heterocycles. The van der Waals surface area contributed by atoms with Gasteiger partial charge in [0, 0.05) is 6.04 Å². The number of allylic oxidation sites excluding steroid dienone is 1. The predicted octanol–water partition coefficient (Wildman–Crippen LogP) is 2.92. The van der Waals surface area contributed by atoms with Gasteiger partial charge in [-0.15, -0.1) is 0 Å². The Labute approximate surface area is 144 Å². The molecule has 4 bridgehead atoms. The molecule has 0 saturated heterocycles. The molecule has 5 aliphatic rings. The van der Waals surface area contributed by atoms with Crippen LogP contribution in [0.5, 0.6) is 0 Å². The van der Waals surface area contributed by atoms with Gasteiger partial charge in [0.15, 0.2) is 0 Å². The normalized spacial score (nSPS) is 49.2. The zero-order valence-electron chi connectivity index (χ0n) is 14.9. The van der Waals surface area contributed by atoms with Crippen LogP contribution in [0.1, 0.15) is 65.2 Å². The third-order valence-corrected chi connectivity index (χ3v) is 7.22. The average Bonchev–Trinajstić information content (AvgIpc) is 2.43. The molecule has 2 amide bonds. The maximum atomic E-state index is 13.3. The fourth-order valence-corrected chi connectivity index (χ4v) is 7.31. The number of nitrogens with two attached hydrogens (primary N) is 1. The van der Waals surface area contributed by atoms with Gasteiger partial charge in [-0.3, -0.25) is 9.59 Å². The van der Waals surface area contributed by atoms with E-state index in [0.29, 0.717) is 29.6 Å². The Morgan fingerprint density at radius 1 is 1.00 bits per heavy atom. The van der Waals surface area contributed by atoms with Crippen molar-refractivity contribution in [2.75, 3.05) is 0 Å². The summed E-state index contributed by atoms with van der Waals surface area (Å²) in [4.78, 5) is 25.1. The van der Waals surface area contributed by atoms with E-state index in [4.69, 9.17) is 5.73 Å². The third kappa shape index (κ3) is 2.49. The van der Waals surface area contributed by atoms with Crippen LogP contribution < -0.4 is 11.1 Å². The van der Waals surface area contributed by atoms with Gasteiger partial charge in [0.2, 0.25) is 11.8 Å². The lowest BCUT2D eigenvalue weighted by Crippen LogP contribution is -2.61. The zero-order chi connectivity index (χ0) is 17.2. The maximum absolute atomic E-state index is 13.3. The monoisotopic (exact) mass is 330 g/mol. The molecule has 0 heterocycles. The molecule has 0 aromatic carbocycles. The summed E-state index contributed by atoms with van der Waals surface area (Å²) >= 11 is 0. The van der Waals surface area contributed by atoms with E-state index < -0.39 is 0 Å². The fraction of sp³-hybridized carbons (Fsp3) is 0.800. The van der Waals surface area contributed by atoms with Crippen LogP contribution in [0.25, 0.3) is 0 Å². The summed E-state index contributed by atoms with van der Waals surface area (Å²) in [5, 5.41) is 3.25. The highest BCUT2D eigenvalue weighted by Gasteiger charge is 2.62. The lowest BCUT2D eigenvalue weighted by atomic mass is 9.40. The van der Waals surface area contributed by atoms with E-state index in [1.165, 1.54) is 19.3 Å². The van der Waals surface area contributed by atoms with Crippen molar-refractivity contribution < 1.29 is 9.59 Å². The minimum Gasteiger partial charge on any atom is -0.369 e. The molecule has 132 valence electrons. The zero-order valence-corrected chi connectivity index (χ0v) is 14.9. The second kappa shape index (κ2) is 5.09. The van der Waals surface area contributed by atoms with Gasteiger partial charge in [-0.05, 0) is 68.1 Å². The van der Waals surface area contributed by atoms with Crippen LogP contribution in [0.2, 0.25) is 0 Å². The first-order chi connectivity index (χ1) is 11.2. The van der Waals surface area contributed by atoms with Crippen LogP contribution in [0.3, 0.4) is 0 Å². The number of carbonyl (C=O) groups is 2. The first kappa shape index (κ1) is 16.2. The van der Waals surface area contributed by atoms with Gasteiger partial charge in [-0.1, -0.05) is 26.0 Å². The smallest absolute Gasteiger partial charge is 0.226 e. The van der Waals surface area contributed by atoms with Crippen LogP contribution in [0.4, 0.5) is 0 Å². The molecule has 4 heteroatoms. The highest BCUT2D eigenvalue weighted by atomic mass is 16.2. The molecule has 24 heavy (non-hydrogen) atoms. The second-order valence-electron chi connectivity index (χ2n) is 9.94. The van der Waals surface area contributed by atoms with Crippen LogP contribution in [-0.2, 0) is 9.59 Å². The predicted molar refractivity (Wildman–Crippen MR) is 92.8 cm³/mol. The molecule has 0 unspecified atom stereocenters. The minimum atomic E-state index is -0.297. The van der Waals surface area contributed by atoms with Crippen LogP contribution in [-0.4, -0.2) is 17.9 Å². The molecule has 4 fully saturated rings. The maximum Gasteiger partial charge on any atom is 0.226 e. The van der Waals surface area contributed by atoms with E-state index in [-0.39, 0.29) is 29.2 Å². The summed E-state index contributed by atoms with van der Waals surface area (Å²) in [5.74, 6) is 0.323. The third-order valence-electron chi connectivity index (χ3n) is 7.22. The van der Waals surface area contributed by atoms with Gasteiger partial charge in [0.1, 0.15) is 0 Å². The molecule has 0 radical (unpaired) electrons. The summed E-state index contributed by atoms with van der Waals surface area (Å²) in [6, 6.07) is -0.131. The largest absolute Gasteiger partial charge is 0.369 e. The standard InChI is InChI=1S/C20H30N2O2/c1-18-7-13-8-19(2,10-18)12-20(9-13,11-18)17(24)22-15-6-4-3-5-14(15)16(21)23/h3-4,13-15H,5-12H2,1-2H3,(H2,21,23)(H,22,24)/t13?,14-,15+,18+,19+,20?/m1/s1. The molecule has 3 N–H and O–H groups in total. The van der Waals surface area contributed by atoms with Crippen molar-refractivity contribution in [2.24, 2.45) is 33.8 Å². The molecule has 0 spiro atoms. The summed E-state index contributed by atoms with van der Waals surface area (Å²) in [5.41, 5.74) is 5.98. The number of amides is 2. The van der Waals surface area contributed by atoms with E-state index in [9.17, 15) is 9.59 Å². The van der Waals surface area contributed by atoms with E-state index in [0.717, 1.165) is 19.3 Å². The van der Waals surface area contributed by atoms with Crippen molar-refractivity contribution in [1.82, 2.24) is 5.32 Å². The van der Waals surface area contributed by atoms with Gasteiger partial charge in [0.25, 0.3) is 0 Å². The summed E-state index contributed by atoms with van der Waals surface area (Å²) in [7, 11) is 0. The Morgan fingerprint density at radius 3 is 2.21 bits per heavy atom. The van der Waals surface area contributed by atoms with Crippen molar-refractivity contribution in [2.45, 2.75) is 71.3 Å². The molecule has 4 saturated carbocycles. The Balaban J connectivity index is 1.56. The van der Waals surface area contributed by atoms with Crippen LogP contribution >= 0.6 is 0 Å². The Kier molecular flexibility index (Phi) is 3.43. The molecule has 0 aromatic heterocycles. The SMILES string of the molecule is C[C@@]12CC3CC(C(=O)N[C@H]4CC=CC[C@H]4C(N)=O)(C1)C[C@@](C)(C3)C2. The number of primary amides is 1. The van der Waals surface area contributed by atoms with Crippen molar-refractivity contribution in [3.63, 3.8) is 0 Å².